The second-order valence-electron chi connectivity index (χ2n) is 2.62. The van der Waals surface area contributed by atoms with Crippen molar-refractivity contribution < 1.29 is 14.4 Å². The summed E-state index contributed by atoms with van der Waals surface area (Å²) in [4.78, 5) is 0. The molecule has 0 aromatic heterocycles. The number of hydrogen-bond acceptors (Lipinski definition) is 3. The van der Waals surface area contributed by atoms with E-state index >= 15 is 0 Å². The van der Waals surface area contributed by atoms with Crippen LogP contribution in [0.4, 0.5) is 0 Å². The summed E-state index contributed by atoms with van der Waals surface area (Å²) in [5, 5.41) is 8.82. The highest BCUT2D eigenvalue weighted by Gasteiger charge is 2.09. The molecule has 0 amide bonds. The van der Waals surface area contributed by atoms with Gasteiger partial charge in [0.15, 0.2) is 0 Å². The van der Waals surface area contributed by atoms with Gasteiger partial charge in [0, 0.05) is 13.7 Å². The minimum atomic E-state index is -0.779. The van der Waals surface area contributed by atoms with E-state index in [-0.39, 0.29) is 6.51 Å². The van der Waals surface area contributed by atoms with Gasteiger partial charge in [0.1, 0.15) is 0 Å². The van der Waals surface area contributed by atoms with Gasteiger partial charge in [0.25, 0.3) is 0 Å². The van der Waals surface area contributed by atoms with Crippen molar-refractivity contribution in [2.45, 2.75) is 13.8 Å². The molecule has 0 spiro atoms. The first-order valence-electron chi connectivity index (χ1n) is 3.45. The maximum absolute atomic E-state index is 8.82. The lowest BCUT2D eigenvalue weighted by atomic mass is 9.94. The van der Waals surface area contributed by atoms with Crippen molar-refractivity contribution in [3.8, 4) is 0 Å². The molecule has 10 heavy (non-hydrogen) atoms. The van der Waals surface area contributed by atoms with Gasteiger partial charge in [-0.25, -0.2) is 0 Å². The average molecular weight is 146 g/mol. The van der Waals surface area contributed by atoms with Gasteiger partial charge in [-0.05, 0) is 5.92 Å². The van der Waals surface area contributed by atoms with Gasteiger partial charge in [0.05, 0.1) is 6.51 Å². The summed E-state index contributed by atoms with van der Waals surface area (Å²) in [6.45, 7) is 5.04. The first-order valence-corrected chi connectivity index (χ1v) is 3.45. The summed E-state index contributed by atoms with van der Waals surface area (Å²) in [5.41, 5.74) is 0. The van der Waals surface area contributed by atoms with Crippen molar-refractivity contribution in [1.82, 2.24) is 0 Å². The lowest BCUT2D eigenvalue weighted by Gasteiger charge is -2.06. The molecule has 0 aromatic carbocycles. The van der Waals surface area contributed by atoms with Gasteiger partial charge in [-0.15, -0.1) is 0 Å². The van der Waals surface area contributed by atoms with Gasteiger partial charge >= 0.3 is 7.12 Å². The van der Waals surface area contributed by atoms with Crippen LogP contribution in [0.15, 0.2) is 0 Å². The molecule has 0 radical (unpaired) electrons. The molecule has 0 saturated carbocycles. The Hall–Kier alpha value is -0.0551. The Bertz CT molecular complexity index is 77.4. The summed E-state index contributed by atoms with van der Waals surface area (Å²) in [5.74, 6) is 0.504. The van der Waals surface area contributed by atoms with E-state index in [1.54, 1.807) is 0 Å². The van der Waals surface area contributed by atoms with E-state index in [4.69, 9.17) is 9.76 Å². The van der Waals surface area contributed by atoms with Gasteiger partial charge in [-0.2, -0.15) is 0 Å². The predicted octanol–water partition coefficient (Wildman–Crippen LogP) is 0.325. The Labute approximate surface area is 62.5 Å². The van der Waals surface area contributed by atoms with Crippen LogP contribution < -0.4 is 0 Å². The smallest absolute Gasteiger partial charge is 0.425 e. The maximum Gasteiger partial charge on any atom is 0.481 e. The molecule has 60 valence electrons. The third-order valence-corrected chi connectivity index (χ3v) is 0.984. The van der Waals surface area contributed by atoms with Gasteiger partial charge < -0.3 is 14.4 Å². The highest BCUT2D eigenvalue weighted by atomic mass is 16.5. The van der Waals surface area contributed by atoms with E-state index in [1.807, 2.05) is 0 Å². The van der Waals surface area contributed by atoms with E-state index in [9.17, 15) is 0 Å². The first kappa shape index (κ1) is 9.94. The minimum absolute atomic E-state index is 0.259. The van der Waals surface area contributed by atoms with Gasteiger partial charge in [-0.1, -0.05) is 13.8 Å². The maximum atomic E-state index is 8.82. The summed E-state index contributed by atoms with van der Waals surface area (Å²) >= 11 is 0. The molecule has 0 rings (SSSR count). The molecule has 0 aromatic rings. The summed E-state index contributed by atoms with van der Waals surface area (Å²) in [7, 11) is 0.669. The molecule has 0 aliphatic heterocycles. The summed E-state index contributed by atoms with van der Waals surface area (Å²) in [6.07, 6.45) is 0. The van der Waals surface area contributed by atoms with E-state index in [0.29, 0.717) is 12.5 Å². The lowest BCUT2D eigenvalue weighted by Crippen LogP contribution is -2.24. The van der Waals surface area contributed by atoms with Gasteiger partial charge in [-0.3, -0.25) is 0 Å². The molecule has 4 heteroatoms. The van der Waals surface area contributed by atoms with Crippen LogP contribution in [0.1, 0.15) is 13.8 Å². The molecule has 0 fully saturated rings. The van der Waals surface area contributed by atoms with E-state index in [0.717, 1.165) is 0 Å². The number of ether oxygens (including phenoxy) is 1. The number of hydrogen-bond donors (Lipinski definition) is 1. The fourth-order valence-corrected chi connectivity index (χ4v) is 0.473. The fraction of sp³-hybridized carbons (Fsp3) is 1.00. The second kappa shape index (κ2) is 5.71. The number of rotatable bonds is 5. The summed E-state index contributed by atoms with van der Waals surface area (Å²) in [6, 6.07) is 0. The zero-order valence-corrected chi connectivity index (χ0v) is 6.83. The highest BCUT2D eigenvalue weighted by Crippen LogP contribution is 1.92. The van der Waals surface area contributed by atoms with Crippen molar-refractivity contribution in [2.75, 3.05) is 20.2 Å². The molecular formula is C6H15BO3. The Morgan fingerprint density at radius 2 is 2.10 bits per heavy atom. The van der Waals surface area contributed by atoms with E-state index < -0.39 is 7.12 Å². The Morgan fingerprint density at radius 3 is 2.50 bits per heavy atom. The zero-order valence-electron chi connectivity index (χ0n) is 6.83. The van der Waals surface area contributed by atoms with E-state index in [1.165, 1.54) is 7.11 Å². The highest BCUT2D eigenvalue weighted by molar-refractivity contribution is 6.42. The van der Waals surface area contributed by atoms with Crippen molar-refractivity contribution in [3.63, 3.8) is 0 Å². The van der Waals surface area contributed by atoms with Crippen LogP contribution in [-0.2, 0) is 9.39 Å². The quantitative estimate of drug-likeness (QED) is 0.567. The predicted molar refractivity (Wildman–Crippen MR) is 40.6 cm³/mol. The molecule has 0 bridgehead atoms. The standard InChI is InChI=1S/C6H15BO3/c1-6(2)4-10-5-7(8)9-3/h6,8H,4-5H2,1-3H3. The average Bonchev–Trinajstić information content (AvgIpc) is 1.87. The van der Waals surface area contributed by atoms with Crippen molar-refractivity contribution >= 4 is 7.12 Å². The molecule has 3 nitrogen and oxygen atoms in total. The van der Waals surface area contributed by atoms with E-state index in [2.05, 4.69) is 18.5 Å². The Balaban J connectivity index is 3.03. The summed E-state index contributed by atoms with van der Waals surface area (Å²) < 4.78 is 9.64. The third-order valence-electron chi connectivity index (χ3n) is 0.984. The van der Waals surface area contributed by atoms with Crippen LogP contribution in [0.5, 0.6) is 0 Å². The molecular weight excluding hydrogens is 131 g/mol. The van der Waals surface area contributed by atoms with Crippen molar-refractivity contribution in [3.05, 3.63) is 0 Å². The SMILES string of the molecule is COB(O)COCC(C)C. The molecule has 0 aliphatic rings. The van der Waals surface area contributed by atoms with Crippen LogP contribution in [0.25, 0.3) is 0 Å². The van der Waals surface area contributed by atoms with Crippen LogP contribution in [0.2, 0.25) is 0 Å². The van der Waals surface area contributed by atoms with Crippen molar-refractivity contribution in [2.24, 2.45) is 5.92 Å². The lowest BCUT2D eigenvalue weighted by molar-refractivity contribution is 0.124. The van der Waals surface area contributed by atoms with Crippen molar-refractivity contribution in [1.29, 1.82) is 0 Å². The van der Waals surface area contributed by atoms with Crippen LogP contribution in [0, 0.1) is 5.92 Å². The topological polar surface area (TPSA) is 38.7 Å². The minimum Gasteiger partial charge on any atom is -0.425 e. The monoisotopic (exact) mass is 146 g/mol. The normalized spacial score (nSPS) is 10.5. The van der Waals surface area contributed by atoms with Crippen LogP contribution in [-0.4, -0.2) is 32.4 Å². The molecule has 0 heterocycles. The van der Waals surface area contributed by atoms with Gasteiger partial charge in [0.2, 0.25) is 0 Å². The molecule has 0 atom stereocenters. The molecule has 0 aliphatic carbocycles. The fourth-order valence-electron chi connectivity index (χ4n) is 0.473. The Kier molecular flexibility index (Phi) is 5.68. The zero-order chi connectivity index (χ0) is 7.98. The van der Waals surface area contributed by atoms with Crippen LogP contribution in [0.3, 0.4) is 0 Å². The molecule has 0 saturated heterocycles. The first-order chi connectivity index (χ1) is 4.66. The largest absolute Gasteiger partial charge is 0.481 e. The van der Waals surface area contributed by atoms with Crippen LogP contribution >= 0.6 is 0 Å². The molecule has 1 N–H and O–H groups in total. The third kappa shape index (κ3) is 6.07. The Morgan fingerprint density at radius 1 is 1.50 bits per heavy atom. The second-order valence-corrected chi connectivity index (χ2v) is 2.62. The molecule has 0 unspecified atom stereocenters.